The predicted octanol–water partition coefficient (Wildman–Crippen LogP) is 3.07. The molecule has 0 aliphatic carbocycles. The lowest BCUT2D eigenvalue weighted by molar-refractivity contribution is 0.0696. The molecule has 0 spiro atoms. The largest absolute Gasteiger partial charge is 0.478 e. The van der Waals surface area contributed by atoms with Gasteiger partial charge in [-0.15, -0.1) is 0 Å². The Kier molecular flexibility index (Phi) is 3.62. The second-order valence-electron chi connectivity index (χ2n) is 4.06. The normalized spacial score (nSPS) is 10.3. The molecule has 0 amide bonds. The molecule has 0 atom stereocenters. The van der Waals surface area contributed by atoms with Crippen LogP contribution in [0.4, 0.5) is 5.69 Å². The highest BCUT2D eigenvalue weighted by atomic mass is 32.1. The summed E-state index contributed by atoms with van der Waals surface area (Å²) in [4.78, 5) is 15.4. The highest BCUT2D eigenvalue weighted by Crippen LogP contribution is 2.21. The van der Waals surface area contributed by atoms with Gasteiger partial charge >= 0.3 is 5.97 Å². The third kappa shape index (κ3) is 2.68. The molecular formula is C13H14N2O2S. The Hall–Kier alpha value is -1.88. The highest BCUT2D eigenvalue weighted by Gasteiger charge is 2.15. The van der Waals surface area contributed by atoms with Crippen molar-refractivity contribution in [2.75, 3.05) is 5.32 Å². The summed E-state index contributed by atoms with van der Waals surface area (Å²) in [5, 5.41) is 16.4. The molecule has 0 unspecified atom stereocenters. The summed E-state index contributed by atoms with van der Waals surface area (Å²) in [5.74, 6) is -0.951. The minimum atomic E-state index is -0.951. The van der Waals surface area contributed by atoms with Gasteiger partial charge in [-0.3, -0.25) is 4.98 Å². The van der Waals surface area contributed by atoms with Crippen LogP contribution in [-0.4, -0.2) is 16.1 Å². The lowest BCUT2D eigenvalue weighted by Gasteiger charge is -2.11. The molecule has 2 aromatic heterocycles. The van der Waals surface area contributed by atoms with Gasteiger partial charge in [0.15, 0.2) is 0 Å². The molecule has 4 nitrogen and oxygen atoms in total. The summed E-state index contributed by atoms with van der Waals surface area (Å²) in [6.45, 7) is 4.19. The number of hydrogen-bond donors (Lipinski definition) is 2. The fourth-order valence-electron chi connectivity index (χ4n) is 1.83. The Balaban J connectivity index is 2.28. The van der Waals surface area contributed by atoms with Crippen molar-refractivity contribution < 1.29 is 9.90 Å². The monoisotopic (exact) mass is 262 g/mol. The first-order valence-corrected chi connectivity index (χ1v) is 6.48. The van der Waals surface area contributed by atoms with Crippen LogP contribution in [0.25, 0.3) is 0 Å². The van der Waals surface area contributed by atoms with E-state index in [4.69, 9.17) is 0 Å². The van der Waals surface area contributed by atoms with Gasteiger partial charge in [-0.25, -0.2) is 4.79 Å². The molecule has 0 aliphatic rings. The number of carboxylic acid groups (broad SMARTS) is 1. The van der Waals surface area contributed by atoms with Crippen molar-refractivity contribution in [1.29, 1.82) is 0 Å². The van der Waals surface area contributed by atoms with E-state index in [0.717, 1.165) is 11.3 Å². The molecule has 0 saturated carbocycles. The number of nitrogens with zero attached hydrogens (tertiary/aromatic N) is 1. The number of aryl methyl sites for hydroxylation is 2. The smallest absolute Gasteiger partial charge is 0.339 e. The van der Waals surface area contributed by atoms with Crippen molar-refractivity contribution in [2.45, 2.75) is 20.4 Å². The van der Waals surface area contributed by atoms with Crippen molar-refractivity contribution in [3.63, 3.8) is 0 Å². The van der Waals surface area contributed by atoms with E-state index >= 15 is 0 Å². The standard InChI is InChI=1S/C13H14N2O2S/c1-8-5-11(12(13(16)17)9(2)15-8)14-6-10-3-4-18-7-10/h3-5,7H,6H2,1-2H3,(H,14,15)(H,16,17). The highest BCUT2D eigenvalue weighted by molar-refractivity contribution is 7.07. The number of hydrogen-bond acceptors (Lipinski definition) is 4. The summed E-state index contributed by atoms with van der Waals surface area (Å²) < 4.78 is 0. The third-order valence-corrected chi connectivity index (χ3v) is 3.34. The van der Waals surface area contributed by atoms with Crippen LogP contribution in [0.15, 0.2) is 22.9 Å². The molecule has 0 aromatic carbocycles. The average Bonchev–Trinajstić information content (AvgIpc) is 2.77. The van der Waals surface area contributed by atoms with E-state index < -0.39 is 5.97 Å². The number of carboxylic acids is 1. The first-order valence-electron chi connectivity index (χ1n) is 5.54. The molecule has 2 heterocycles. The van der Waals surface area contributed by atoms with Gasteiger partial charge in [0.25, 0.3) is 0 Å². The van der Waals surface area contributed by atoms with Crippen molar-refractivity contribution in [3.8, 4) is 0 Å². The molecule has 5 heteroatoms. The molecule has 0 radical (unpaired) electrons. The van der Waals surface area contributed by atoms with Gasteiger partial charge in [0.1, 0.15) is 5.56 Å². The molecule has 2 rings (SSSR count). The topological polar surface area (TPSA) is 62.2 Å². The molecule has 94 valence electrons. The SMILES string of the molecule is Cc1cc(NCc2ccsc2)c(C(=O)O)c(C)n1. The zero-order chi connectivity index (χ0) is 13.1. The van der Waals surface area contributed by atoms with Crippen LogP contribution in [0.1, 0.15) is 27.3 Å². The summed E-state index contributed by atoms with van der Waals surface area (Å²) in [5.41, 5.74) is 3.36. The molecule has 0 bridgehead atoms. The van der Waals surface area contributed by atoms with Gasteiger partial charge in [0.05, 0.1) is 11.4 Å². The minimum Gasteiger partial charge on any atom is -0.478 e. The Morgan fingerprint density at radius 1 is 1.50 bits per heavy atom. The first-order chi connectivity index (χ1) is 8.58. The number of pyridine rings is 1. The van der Waals surface area contributed by atoms with E-state index in [1.165, 1.54) is 0 Å². The summed E-state index contributed by atoms with van der Waals surface area (Å²) in [6, 6.07) is 3.78. The Morgan fingerprint density at radius 3 is 2.89 bits per heavy atom. The first kappa shape index (κ1) is 12.6. The lowest BCUT2D eigenvalue weighted by Crippen LogP contribution is -2.10. The number of aromatic carboxylic acids is 1. The van der Waals surface area contributed by atoms with Crippen LogP contribution < -0.4 is 5.32 Å². The third-order valence-electron chi connectivity index (χ3n) is 2.61. The zero-order valence-corrected chi connectivity index (χ0v) is 11.0. The second kappa shape index (κ2) is 5.18. The number of carbonyl (C=O) groups is 1. The van der Waals surface area contributed by atoms with E-state index in [-0.39, 0.29) is 5.56 Å². The summed E-state index contributed by atoms with van der Waals surface area (Å²) in [7, 11) is 0. The van der Waals surface area contributed by atoms with Crippen LogP contribution in [0.2, 0.25) is 0 Å². The fourth-order valence-corrected chi connectivity index (χ4v) is 2.50. The van der Waals surface area contributed by atoms with Gasteiger partial charge in [-0.2, -0.15) is 11.3 Å². The maximum Gasteiger partial charge on any atom is 0.339 e. The lowest BCUT2D eigenvalue weighted by atomic mass is 10.1. The molecule has 18 heavy (non-hydrogen) atoms. The molecule has 2 aromatic rings. The molecule has 0 fully saturated rings. The van der Waals surface area contributed by atoms with Crippen molar-refractivity contribution in [2.24, 2.45) is 0 Å². The summed E-state index contributed by atoms with van der Waals surface area (Å²) >= 11 is 1.62. The molecule has 0 aliphatic heterocycles. The number of thiophene rings is 1. The van der Waals surface area contributed by atoms with Gasteiger partial charge in [0, 0.05) is 12.2 Å². The number of nitrogens with one attached hydrogen (secondary N) is 1. The van der Waals surface area contributed by atoms with Crippen LogP contribution in [-0.2, 0) is 6.54 Å². The van der Waals surface area contributed by atoms with E-state index in [1.54, 1.807) is 24.3 Å². The zero-order valence-electron chi connectivity index (χ0n) is 10.2. The van der Waals surface area contributed by atoms with E-state index in [1.807, 2.05) is 23.8 Å². The number of aromatic nitrogens is 1. The van der Waals surface area contributed by atoms with E-state index in [0.29, 0.717) is 17.9 Å². The fraction of sp³-hybridized carbons (Fsp3) is 0.231. The van der Waals surface area contributed by atoms with Gasteiger partial charge in [0.2, 0.25) is 0 Å². The van der Waals surface area contributed by atoms with Crippen LogP contribution in [0.3, 0.4) is 0 Å². The van der Waals surface area contributed by atoms with Crippen molar-refractivity contribution >= 4 is 23.0 Å². The molecular weight excluding hydrogens is 248 g/mol. The molecule has 2 N–H and O–H groups in total. The van der Waals surface area contributed by atoms with Gasteiger partial charge in [-0.1, -0.05) is 0 Å². The van der Waals surface area contributed by atoms with Crippen molar-refractivity contribution in [3.05, 3.63) is 45.4 Å². The van der Waals surface area contributed by atoms with E-state index in [9.17, 15) is 9.90 Å². The number of anilines is 1. The minimum absolute atomic E-state index is 0.246. The molecule has 0 saturated heterocycles. The summed E-state index contributed by atoms with van der Waals surface area (Å²) in [6.07, 6.45) is 0. The van der Waals surface area contributed by atoms with Crippen LogP contribution in [0.5, 0.6) is 0 Å². The van der Waals surface area contributed by atoms with Crippen LogP contribution in [0, 0.1) is 13.8 Å². The predicted molar refractivity (Wildman–Crippen MR) is 72.3 cm³/mol. The maximum absolute atomic E-state index is 11.2. The van der Waals surface area contributed by atoms with Crippen LogP contribution >= 0.6 is 11.3 Å². The van der Waals surface area contributed by atoms with Gasteiger partial charge in [-0.05, 0) is 42.3 Å². The maximum atomic E-state index is 11.2. The second-order valence-corrected chi connectivity index (χ2v) is 4.84. The quantitative estimate of drug-likeness (QED) is 0.889. The van der Waals surface area contributed by atoms with E-state index in [2.05, 4.69) is 10.3 Å². The number of rotatable bonds is 4. The van der Waals surface area contributed by atoms with Gasteiger partial charge < -0.3 is 10.4 Å². The Labute approximate surface area is 109 Å². The Morgan fingerprint density at radius 2 is 2.28 bits per heavy atom. The Bertz CT molecular complexity index is 565. The average molecular weight is 262 g/mol. The van der Waals surface area contributed by atoms with Crippen molar-refractivity contribution in [1.82, 2.24) is 4.98 Å².